The van der Waals surface area contributed by atoms with E-state index in [-0.39, 0.29) is 10.0 Å². The van der Waals surface area contributed by atoms with Crippen LogP contribution in [0.5, 0.6) is 0 Å². The van der Waals surface area contributed by atoms with Crippen molar-refractivity contribution in [1.29, 1.82) is 0 Å². The average molecular weight is 367 g/mol. The van der Waals surface area contributed by atoms with E-state index in [4.69, 9.17) is 0 Å². The maximum Gasteiger partial charge on any atom is 0.416 e. The maximum absolute atomic E-state index is 13.7. The van der Waals surface area contributed by atoms with E-state index in [1.165, 1.54) is 0 Å². The van der Waals surface area contributed by atoms with Gasteiger partial charge in [0.2, 0.25) is 0 Å². The lowest BCUT2D eigenvalue weighted by molar-refractivity contribution is -0.137. The molecule has 0 fully saturated rings. The maximum atomic E-state index is 13.7. The Morgan fingerprint density at radius 2 is 1.43 bits per heavy atom. The molecule has 0 saturated carbocycles. The fourth-order valence-corrected chi connectivity index (χ4v) is 2.24. The molecule has 0 spiro atoms. The Morgan fingerprint density at radius 1 is 0.952 bits per heavy atom. The molecule has 21 heavy (non-hydrogen) atoms. The zero-order valence-corrected chi connectivity index (χ0v) is 11.8. The fourth-order valence-electron chi connectivity index (χ4n) is 1.84. The highest BCUT2D eigenvalue weighted by Crippen LogP contribution is 2.32. The van der Waals surface area contributed by atoms with Crippen LogP contribution < -0.4 is 0 Å². The van der Waals surface area contributed by atoms with Crippen LogP contribution in [0.1, 0.15) is 22.8 Å². The van der Waals surface area contributed by atoms with E-state index in [1.54, 1.807) is 0 Å². The van der Waals surface area contributed by atoms with Gasteiger partial charge in [0.25, 0.3) is 0 Å². The van der Waals surface area contributed by atoms with Crippen molar-refractivity contribution in [2.24, 2.45) is 0 Å². The van der Waals surface area contributed by atoms with Crippen molar-refractivity contribution in [3.8, 4) is 0 Å². The number of alkyl halides is 3. The summed E-state index contributed by atoms with van der Waals surface area (Å²) in [7, 11) is 0. The molecule has 0 aromatic heterocycles. The standard InChI is InChI=1S/C14H8BrF5O/c15-9-5-10(16)12(11(17)6-9)13(21)7-1-3-8(4-2-7)14(18,19)20/h1-6,13,21H. The Kier molecular flexibility index (Phi) is 4.34. The highest BCUT2D eigenvalue weighted by atomic mass is 79.9. The summed E-state index contributed by atoms with van der Waals surface area (Å²) in [6.07, 6.45) is -6.21. The molecule has 1 unspecified atom stereocenters. The summed E-state index contributed by atoms with van der Waals surface area (Å²) in [4.78, 5) is 0. The van der Waals surface area contributed by atoms with Crippen LogP contribution >= 0.6 is 15.9 Å². The quantitative estimate of drug-likeness (QED) is 0.755. The minimum Gasteiger partial charge on any atom is -0.383 e. The highest BCUT2D eigenvalue weighted by Gasteiger charge is 2.30. The van der Waals surface area contributed by atoms with Gasteiger partial charge in [-0.25, -0.2) is 8.78 Å². The van der Waals surface area contributed by atoms with Gasteiger partial charge >= 0.3 is 6.18 Å². The van der Waals surface area contributed by atoms with Gasteiger partial charge in [-0.1, -0.05) is 28.1 Å². The number of hydrogen-bond acceptors (Lipinski definition) is 1. The second kappa shape index (κ2) is 5.73. The molecule has 112 valence electrons. The van der Waals surface area contributed by atoms with Gasteiger partial charge in [-0.15, -0.1) is 0 Å². The zero-order chi connectivity index (χ0) is 15.8. The van der Waals surface area contributed by atoms with E-state index < -0.39 is 35.0 Å². The summed E-state index contributed by atoms with van der Waals surface area (Å²) in [6.45, 7) is 0. The first-order valence-electron chi connectivity index (χ1n) is 5.70. The molecule has 2 aromatic carbocycles. The van der Waals surface area contributed by atoms with E-state index in [2.05, 4.69) is 15.9 Å². The lowest BCUT2D eigenvalue weighted by atomic mass is 9.99. The molecule has 0 aliphatic carbocycles. The normalized spacial score (nSPS) is 13.3. The summed E-state index contributed by atoms with van der Waals surface area (Å²) in [5.41, 5.74) is -1.56. The Balaban J connectivity index is 2.39. The van der Waals surface area contributed by atoms with Crippen LogP contribution in [0.3, 0.4) is 0 Å². The third-order valence-electron chi connectivity index (χ3n) is 2.87. The molecule has 0 saturated heterocycles. The first-order chi connectivity index (χ1) is 9.70. The van der Waals surface area contributed by atoms with Gasteiger partial charge in [0.1, 0.15) is 17.7 Å². The third kappa shape index (κ3) is 3.41. The van der Waals surface area contributed by atoms with Crippen molar-refractivity contribution >= 4 is 15.9 Å². The molecule has 0 aliphatic rings. The van der Waals surface area contributed by atoms with Gasteiger partial charge in [-0.05, 0) is 29.8 Å². The number of aliphatic hydroxyl groups excluding tert-OH is 1. The summed E-state index contributed by atoms with van der Waals surface area (Å²) < 4.78 is 64.9. The topological polar surface area (TPSA) is 20.2 Å². The SMILES string of the molecule is OC(c1ccc(C(F)(F)F)cc1)c1c(F)cc(Br)cc1F. The molecule has 0 aliphatic heterocycles. The summed E-state index contributed by atoms with van der Waals surface area (Å²) in [5.74, 6) is -1.98. The zero-order valence-electron chi connectivity index (χ0n) is 10.3. The van der Waals surface area contributed by atoms with E-state index in [9.17, 15) is 27.1 Å². The van der Waals surface area contributed by atoms with Crippen LogP contribution in [-0.4, -0.2) is 5.11 Å². The van der Waals surface area contributed by atoms with Gasteiger partial charge in [0, 0.05) is 4.47 Å². The fraction of sp³-hybridized carbons (Fsp3) is 0.143. The van der Waals surface area contributed by atoms with Crippen LogP contribution in [0, 0.1) is 11.6 Å². The summed E-state index contributed by atoms with van der Waals surface area (Å²) >= 11 is 2.90. The van der Waals surface area contributed by atoms with Crippen LogP contribution in [0.2, 0.25) is 0 Å². The molecule has 0 bridgehead atoms. The average Bonchev–Trinajstić information content (AvgIpc) is 2.36. The largest absolute Gasteiger partial charge is 0.416 e. The monoisotopic (exact) mass is 366 g/mol. The van der Waals surface area contributed by atoms with Gasteiger partial charge in [0.15, 0.2) is 0 Å². The van der Waals surface area contributed by atoms with Crippen LogP contribution in [0.15, 0.2) is 40.9 Å². The van der Waals surface area contributed by atoms with Crippen molar-refractivity contribution in [3.63, 3.8) is 0 Å². The third-order valence-corrected chi connectivity index (χ3v) is 3.33. The molecule has 1 atom stereocenters. The molecule has 2 rings (SSSR count). The first kappa shape index (κ1) is 15.9. The van der Waals surface area contributed by atoms with Gasteiger partial charge in [-0.3, -0.25) is 0 Å². The minimum absolute atomic E-state index is 0.0388. The summed E-state index contributed by atoms with van der Waals surface area (Å²) in [5, 5.41) is 9.96. The Labute approximate surface area is 125 Å². The predicted molar refractivity (Wildman–Crippen MR) is 69.6 cm³/mol. The molecule has 0 amide bonds. The minimum atomic E-state index is -4.52. The van der Waals surface area contributed by atoms with Crippen molar-refractivity contribution in [2.45, 2.75) is 12.3 Å². The van der Waals surface area contributed by atoms with Crippen molar-refractivity contribution in [3.05, 3.63) is 69.2 Å². The number of halogens is 6. The number of benzene rings is 2. The molecular formula is C14H8BrF5O. The van der Waals surface area contributed by atoms with Crippen LogP contribution in [0.25, 0.3) is 0 Å². The molecular weight excluding hydrogens is 359 g/mol. The van der Waals surface area contributed by atoms with Gasteiger partial charge in [0.05, 0.1) is 11.1 Å². The lowest BCUT2D eigenvalue weighted by Crippen LogP contribution is -2.08. The van der Waals surface area contributed by atoms with E-state index in [0.29, 0.717) is 0 Å². The predicted octanol–water partition coefficient (Wildman–Crippen LogP) is 4.83. The molecule has 7 heteroatoms. The number of aliphatic hydroxyl groups is 1. The molecule has 0 heterocycles. The number of hydrogen-bond donors (Lipinski definition) is 1. The Hall–Kier alpha value is -1.47. The van der Waals surface area contributed by atoms with Crippen molar-refractivity contribution < 1.29 is 27.1 Å². The number of rotatable bonds is 2. The van der Waals surface area contributed by atoms with E-state index in [0.717, 1.165) is 36.4 Å². The lowest BCUT2D eigenvalue weighted by Gasteiger charge is -2.15. The van der Waals surface area contributed by atoms with Gasteiger partial charge in [-0.2, -0.15) is 13.2 Å². The molecule has 0 radical (unpaired) electrons. The van der Waals surface area contributed by atoms with Crippen LogP contribution in [0.4, 0.5) is 22.0 Å². The second-order valence-corrected chi connectivity index (χ2v) is 5.22. The molecule has 2 aromatic rings. The molecule has 1 nitrogen and oxygen atoms in total. The Morgan fingerprint density at radius 3 is 1.86 bits per heavy atom. The van der Waals surface area contributed by atoms with Crippen LogP contribution in [-0.2, 0) is 6.18 Å². The van der Waals surface area contributed by atoms with Crippen molar-refractivity contribution in [1.82, 2.24) is 0 Å². The smallest absolute Gasteiger partial charge is 0.383 e. The first-order valence-corrected chi connectivity index (χ1v) is 6.49. The molecule has 1 N–H and O–H groups in total. The van der Waals surface area contributed by atoms with E-state index in [1.807, 2.05) is 0 Å². The van der Waals surface area contributed by atoms with Gasteiger partial charge < -0.3 is 5.11 Å². The summed E-state index contributed by atoms with van der Waals surface area (Å²) in [6, 6.07) is 5.38. The highest BCUT2D eigenvalue weighted by molar-refractivity contribution is 9.10. The Bertz CT molecular complexity index is 628. The second-order valence-electron chi connectivity index (χ2n) is 4.31. The van der Waals surface area contributed by atoms with E-state index >= 15 is 0 Å². The van der Waals surface area contributed by atoms with Crippen molar-refractivity contribution in [2.75, 3.05) is 0 Å².